The number of aliphatic hydroxyl groups is 1. The molecule has 1 unspecified atom stereocenters. The first kappa shape index (κ1) is 16.6. The van der Waals surface area contributed by atoms with Crippen molar-refractivity contribution in [2.75, 3.05) is 13.2 Å². The maximum atomic E-state index is 12.2. The van der Waals surface area contributed by atoms with Gasteiger partial charge in [0.25, 0.3) is 0 Å². The summed E-state index contributed by atoms with van der Waals surface area (Å²) in [5.74, 6) is 0.156. The van der Waals surface area contributed by atoms with Crippen LogP contribution in [0.2, 0.25) is 0 Å². The van der Waals surface area contributed by atoms with Crippen LogP contribution in [-0.4, -0.2) is 26.7 Å². The Morgan fingerprint density at radius 1 is 1.42 bits per heavy atom. The summed E-state index contributed by atoms with van der Waals surface area (Å²) < 4.78 is 27.5. The Labute approximate surface area is 123 Å². The monoisotopic (exact) mass is 349 g/mol. The molecule has 0 fully saturated rings. The van der Waals surface area contributed by atoms with E-state index in [-0.39, 0.29) is 17.4 Å². The van der Waals surface area contributed by atoms with Gasteiger partial charge >= 0.3 is 0 Å². The summed E-state index contributed by atoms with van der Waals surface area (Å²) in [4.78, 5) is 0.247. The van der Waals surface area contributed by atoms with Crippen LogP contribution >= 0.6 is 15.9 Å². The molecule has 0 aliphatic carbocycles. The quantitative estimate of drug-likeness (QED) is 0.794. The molecule has 1 aromatic carbocycles. The van der Waals surface area contributed by atoms with Crippen LogP contribution in [-0.2, 0) is 10.0 Å². The molecular weight excluding hydrogens is 330 g/mol. The Morgan fingerprint density at radius 2 is 2.11 bits per heavy atom. The molecule has 0 radical (unpaired) electrons. The zero-order valence-corrected chi connectivity index (χ0v) is 13.6. The fraction of sp³-hybridized carbons (Fsp3) is 0.538. The fourth-order valence-corrected chi connectivity index (χ4v) is 4.07. The predicted octanol–water partition coefficient (Wildman–Crippen LogP) is 2.44. The Bertz CT molecular complexity index is 517. The van der Waals surface area contributed by atoms with Crippen LogP contribution in [0.1, 0.15) is 25.3 Å². The van der Waals surface area contributed by atoms with Crippen LogP contribution in [0, 0.1) is 12.8 Å². The van der Waals surface area contributed by atoms with Gasteiger partial charge in [-0.15, -0.1) is 0 Å². The van der Waals surface area contributed by atoms with Crippen molar-refractivity contribution in [3.05, 3.63) is 28.2 Å². The number of aryl methyl sites for hydroxylation is 1. The molecule has 0 aliphatic rings. The van der Waals surface area contributed by atoms with Crippen LogP contribution in [0.3, 0.4) is 0 Å². The minimum atomic E-state index is -3.51. The van der Waals surface area contributed by atoms with Crippen LogP contribution < -0.4 is 4.72 Å². The van der Waals surface area contributed by atoms with Gasteiger partial charge in [-0.2, -0.15) is 0 Å². The van der Waals surface area contributed by atoms with Crippen LogP contribution in [0.15, 0.2) is 27.6 Å². The van der Waals surface area contributed by atoms with Crippen LogP contribution in [0.25, 0.3) is 0 Å². The maximum Gasteiger partial charge on any atom is 0.241 e. The fourth-order valence-electron chi connectivity index (χ4n) is 1.76. The molecule has 108 valence electrons. The number of hydrogen-bond acceptors (Lipinski definition) is 3. The third kappa shape index (κ3) is 4.87. The highest BCUT2D eigenvalue weighted by Gasteiger charge is 2.18. The second-order valence-electron chi connectivity index (χ2n) is 4.57. The van der Waals surface area contributed by atoms with E-state index in [2.05, 4.69) is 20.7 Å². The van der Waals surface area contributed by atoms with Gasteiger partial charge < -0.3 is 5.11 Å². The number of halogens is 1. The number of benzene rings is 1. The van der Waals surface area contributed by atoms with Crippen LogP contribution in [0.4, 0.5) is 0 Å². The Kier molecular flexibility index (Phi) is 6.46. The molecule has 0 amide bonds. The van der Waals surface area contributed by atoms with E-state index in [9.17, 15) is 8.42 Å². The summed E-state index contributed by atoms with van der Waals surface area (Å²) in [5, 5.41) is 8.90. The molecule has 0 aliphatic heterocycles. The molecule has 0 saturated carbocycles. The topological polar surface area (TPSA) is 66.4 Å². The highest BCUT2D eigenvalue weighted by molar-refractivity contribution is 9.10. The summed E-state index contributed by atoms with van der Waals surface area (Å²) in [7, 11) is -3.51. The Hall–Kier alpha value is -0.430. The summed E-state index contributed by atoms with van der Waals surface area (Å²) >= 11 is 3.28. The van der Waals surface area contributed by atoms with Gasteiger partial charge in [0.2, 0.25) is 10.0 Å². The van der Waals surface area contributed by atoms with E-state index in [0.717, 1.165) is 12.0 Å². The van der Waals surface area contributed by atoms with Crippen molar-refractivity contribution in [3.63, 3.8) is 0 Å². The Morgan fingerprint density at radius 3 is 2.63 bits per heavy atom. The molecule has 2 N–H and O–H groups in total. The lowest BCUT2D eigenvalue weighted by Crippen LogP contribution is -2.30. The van der Waals surface area contributed by atoms with E-state index in [0.29, 0.717) is 17.4 Å². The van der Waals surface area contributed by atoms with Crippen molar-refractivity contribution in [1.82, 2.24) is 4.72 Å². The third-order valence-corrected chi connectivity index (χ3v) is 5.45. The van der Waals surface area contributed by atoms with Crippen LogP contribution in [0.5, 0.6) is 0 Å². The van der Waals surface area contributed by atoms with Gasteiger partial charge in [0, 0.05) is 17.6 Å². The van der Waals surface area contributed by atoms with E-state index < -0.39 is 10.0 Å². The Balaban J connectivity index is 2.81. The molecular formula is C13H20BrNO3S. The average Bonchev–Trinajstić information content (AvgIpc) is 2.34. The maximum absolute atomic E-state index is 12.2. The number of aliphatic hydroxyl groups excluding tert-OH is 1. The van der Waals surface area contributed by atoms with E-state index in [1.165, 1.54) is 0 Å². The van der Waals surface area contributed by atoms with Crippen molar-refractivity contribution in [2.24, 2.45) is 5.92 Å². The minimum Gasteiger partial charge on any atom is -0.396 e. The van der Waals surface area contributed by atoms with Gasteiger partial charge in [0.15, 0.2) is 0 Å². The van der Waals surface area contributed by atoms with E-state index in [4.69, 9.17) is 5.11 Å². The predicted molar refractivity (Wildman–Crippen MR) is 79.6 cm³/mol. The van der Waals surface area contributed by atoms with Gasteiger partial charge in [-0.1, -0.05) is 19.4 Å². The largest absolute Gasteiger partial charge is 0.396 e. The first-order valence-corrected chi connectivity index (χ1v) is 8.55. The lowest BCUT2D eigenvalue weighted by atomic mass is 10.0. The van der Waals surface area contributed by atoms with E-state index >= 15 is 0 Å². The zero-order valence-electron chi connectivity index (χ0n) is 11.2. The molecule has 6 heteroatoms. The molecule has 0 spiro atoms. The molecule has 0 saturated heterocycles. The molecule has 4 nitrogen and oxygen atoms in total. The van der Waals surface area contributed by atoms with E-state index in [1.807, 2.05) is 13.8 Å². The highest BCUT2D eigenvalue weighted by atomic mass is 79.9. The minimum absolute atomic E-state index is 0.0778. The second kappa shape index (κ2) is 7.38. The van der Waals surface area contributed by atoms with Crippen molar-refractivity contribution in [1.29, 1.82) is 0 Å². The zero-order chi connectivity index (χ0) is 14.5. The average molecular weight is 350 g/mol. The molecule has 0 bridgehead atoms. The van der Waals surface area contributed by atoms with Gasteiger partial charge in [-0.3, -0.25) is 0 Å². The first-order valence-electron chi connectivity index (χ1n) is 6.27. The lowest BCUT2D eigenvalue weighted by molar-refractivity contribution is 0.254. The van der Waals surface area contributed by atoms with Gasteiger partial charge in [-0.25, -0.2) is 13.1 Å². The lowest BCUT2D eigenvalue weighted by Gasteiger charge is -2.15. The van der Waals surface area contributed by atoms with Crippen molar-refractivity contribution >= 4 is 26.0 Å². The molecule has 1 atom stereocenters. The van der Waals surface area contributed by atoms with Crippen molar-refractivity contribution in [2.45, 2.75) is 31.6 Å². The number of hydrogen-bond donors (Lipinski definition) is 2. The summed E-state index contributed by atoms with van der Waals surface area (Å²) in [6, 6.07) is 5.14. The smallest absolute Gasteiger partial charge is 0.241 e. The second-order valence-corrected chi connectivity index (χ2v) is 7.16. The molecule has 1 aromatic rings. The van der Waals surface area contributed by atoms with Gasteiger partial charge in [-0.05, 0) is 52.9 Å². The third-order valence-electron chi connectivity index (χ3n) is 3.05. The van der Waals surface area contributed by atoms with Crippen molar-refractivity contribution in [3.8, 4) is 0 Å². The molecule has 1 rings (SSSR count). The molecule has 0 heterocycles. The number of nitrogens with one attached hydrogen (secondary N) is 1. The van der Waals surface area contributed by atoms with Gasteiger partial charge in [0.05, 0.1) is 4.90 Å². The number of rotatable bonds is 7. The molecule has 0 aromatic heterocycles. The number of sulfonamides is 1. The highest BCUT2D eigenvalue weighted by Crippen LogP contribution is 2.23. The SMILES string of the molecule is CCC(CCO)CNS(=O)(=O)c1ccc(C)cc1Br. The van der Waals surface area contributed by atoms with E-state index in [1.54, 1.807) is 18.2 Å². The normalized spacial score (nSPS) is 13.5. The molecule has 19 heavy (non-hydrogen) atoms. The standard InChI is InChI=1S/C13H20BrNO3S/c1-3-11(6-7-16)9-15-19(17,18)13-5-4-10(2)8-12(13)14/h4-5,8,11,15-16H,3,6-7,9H2,1-2H3. The van der Waals surface area contributed by atoms with Crippen molar-refractivity contribution < 1.29 is 13.5 Å². The van der Waals surface area contributed by atoms with Gasteiger partial charge in [0.1, 0.15) is 0 Å². The summed E-state index contributed by atoms with van der Waals surface area (Å²) in [6.45, 7) is 4.31. The first-order chi connectivity index (χ1) is 8.90. The summed E-state index contributed by atoms with van der Waals surface area (Å²) in [6.07, 6.45) is 1.44. The summed E-state index contributed by atoms with van der Waals surface area (Å²) in [5.41, 5.74) is 0.998.